The number of nitrogens with zero attached hydrogens (tertiary/aromatic N) is 2. The van der Waals surface area contributed by atoms with Crippen molar-refractivity contribution in [1.82, 2.24) is 9.38 Å². The zero-order valence-electron chi connectivity index (χ0n) is 15.5. The number of ether oxygens (including phenoxy) is 1. The normalized spacial score (nSPS) is 10.8. The van der Waals surface area contributed by atoms with Gasteiger partial charge in [0, 0.05) is 17.3 Å². The molecule has 0 radical (unpaired) electrons. The smallest absolute Gasteiger partial charge is 0.335 e. The highest BCUT2D eigenvalue weighted by molar-refractivity contribution is 6.08. The second kappa shape index (κ2) is 7.12. The summed E-state index contributed by atoms with van der Waals surface area (Å²) in [4.78, 5) is 29.1. The van der Waals surface area contributed by atoms with Gasteiger partial charge in [0.05, 0.1) is 29.6 Å². The fourth-order valence-corrected chi connectivity index (χ4v) is 3.19. The fourth-order valence-electron chi connectivity index (χ4n) is 3.19. The number of fused-ring (bicyclic) bond motifs is 1. The summed E-state index contributed by atoms with van der Waals surface area (Å²) in [6.07, 6.45) is 1.74. The first-order chi connectivity index (χ1) is 14.0. The third kappa shape index (κ3) is 3.19. The molecule has 2 heterocycles. The lowest BCUT2D eigenvalue weighted by Gasteiger charge is -2.06. The summed E-state index contributed by atoms with van der Waals surface area (Å²) in [7, 11) is 1.48. The topological polar surface area (TPSA) is 107 Å². The predicted molar refractivity (Wildman–Crippen MR) is 108 cm³/mol. The van der Waals surface area contributed by atoms with Gasteiger partial charge in [-0.1, -0.05) is 18.2 Å². The van der Waals surface area contributed by atoms with Crippen LogP contribution in [0.15, 0.2) is 66.9 Å². The number of ketones is 1. The molecule has 7 nitrogen and oxygen atoms in total. The number of nitrogen functional groups attached to an aromatic ring is 1. The first kappa shape index (κ1) is 18.2. The van der Waals surface area contributed by atoms with Crippen LogP contribution in [-0.2, 0) is 0 Å². The molecule has 0 aliphatic heterocycles. The van der Waals surface area contributed by atoms with E-state index < -0.39 is 5.97 Å². The van der Waals surface area contributed by atoms with Crippen molar-refractivity contribution >= 4 is 23.0 Å². The highest BCUT2D eigenvalue weighted by atomic mass is 16.5. The summed E-state index contributed by atoms with van der Waals surface area (Å²) >= 11 is 0. The summed E-state index contributed by atoms with van der Waals surface area (Å²) in [6, 6.07) is 16.7. The molecule has 29 heavy (non-hydrogen) atoms. The minimum absolute atomic E-state index is 0.149. The van der Waals surface area contributed by atoms with Crippen molar-refractivity contribution in [3.05, 3.63) is 83.8 Å². The second-order valence-corrected chi connectivity index (χ2v) is 6.41. The van der Waals surface area contributed by atoms with Gasteiger partial charge in [-0.25, -0.2) is 9.78 Å². The molecule has 0 aliphatic carbocycles. The lowest BCUT2D eigenvalue weighted by Crippen LogP contribution is -2.07. The van der Waals surface area contributed by atoms with Crippen molar-refractivity contribution in [3.8, 4) is 17.0 Å². The SMILES string of the molecule is COc1cc(C(=O)c2nc(-c3cccc(C(=O)O)c3)c3ccccn23)ccc1N. The van der Waals surface area contributed by atoms with Crippen molar-refractivity contribution < 1.29 is 19.4 Å². The van der Waals surface area contributed by atoms with Gasteiger partial charge in [0.25, 0.3) is 0 Å². The first-order valence-corrected chi connectivity index (χ1v) is 8.78. The molecular weight excluding hydrogens is 370 g/mol. The number of pyridine rings is 1. The zero-order valence-corrected chi connectivity index (χ0v) is 15.5. The number of carboxylic acids is 1. The monoisotopic (exact) mass is 387 g/mol. The van der Waals surface area contributed by atoms with Crippen molar-refractivity contribution in [1.29, 1.82) is 0 Å². The van der Waals surface area contributed by atoms with E-state index in [0.717, 1.165) is 0 Å². The Morgan fingerprint density at radius 2 is 1.86 bits per heavy atom. The third-order valence-electron chi connectivity index (χ3n) is 4.63. The highest BCUT2D eigenvalue weighted by Crippen LogP contribution is 2.28. The molecule has 144 valence electrons. The molecule has 2 aromatic carbocycles. The Hall–Kier alpha value is -4.13. The summed E-state index contributed by atoms with van der Waals surface area (Å²) in [5, 5.41) is 9.28. The van der Waals surface area contributed by atoms with Crippen LogP contribution < -0.4 is 10.5 Å². The molecule has 3 N–H and O–H groups in total. The maximum absolute atomic E-state index is 13.2. The number of nitrogens with two attached hydrogens (primary N) is 1. The number of carbonyl (C=O) groups is 2. The van der Waals surface area contributed by atoms with Gasteiger partial charge in [0.2, 0.25) is 5.78 Å². The van der Waals surface area contributed by atoms with E-state index in [1.807, 2.05) is 12.1 Å². The number of methoxy groups -OCH3 is 1. The van der Waals surface area contributed by atoms with Crippen LogP contribution in [-0.4, -0.2) is 33.4 Å². The largest absolute Gasteiger partial charge is 0.495 e. The quantitative estimate of drug-likeness (QED) is 0.401. The molecule has 4 rings (SSSR count). The van der Waals surface area contributed by atoms with Crippen molar-refractivity contribution in [2.24, 2.45) is 0 Å². The van der Waals surface area contributed by atoms with E-state index in [2.05, 4.69) is 4.98 Å². The van der Waals surface area contributed by atoms with Gasteiger partial charge in [-0.3, -0.25) is 9.20 Å². The predicted octanol–water partition coefficient (Wildman–Crippen LogP) is 3.52. The van der Waals surface area contributed by atoms with Gasteiger partial charge in [0.15, 0.2) is 5.82 Å². The Morgan fingerprint density at radius 1 is 1.03 bits per heavy atom. The summed E-state index contributed by atoms with van der Waals surface area (Å²) in [6.45, 7) is 0. The number of rotatable bonds is 5. The molecule has 0 bridgehead atoms. The number of aromatic nitrogens is 2. The third-order valence-corrected chi connectivity index (χ3v) is 4.63. The lowest BCUT2D eigenvalue weighted by atomic mass is 10.1. The number of hydrogen-bond acceptors (Lipinski definition) is 5. The summed E-state index contributed by atoms with van der Waals surface area (Å²) in [5.74, 6) is -0.708. The van der Waals surface area contributed by atoms with Crippen LogP contribution in [0.1, 0.15) is 26.5 Å². The molecule has 0 spiro atoms. The Bertz CT molecular complexity index is 1260. The molecule has 0 aliphatic rings. The minimum Gasteiger partial charge on any atom is -0.495 e. The first-order valence-electron chi connectivity index (χ1n) is 8.78. The molecular formula is C22H17N3O4. The van der Waals surface area contributed by atoms with E-state index >= 15 is 0 Å². The molecule has 2 aromatic heterocycles. The van der Waals surface area contributed by atoms with Gasteiger partial charge in [-0.05, 0) is 42.5 Å². The van der Waals surface area contributed by atoms with Crippen LogP contribution in [0, 0.1) is 0 Å². The van der Waals surface area contributed by atoms with E-state index in [1.165, 1.54) is 19.2 Å². The van der Waals surface area contributed by atoms with Crippen LogP contribution in [0.25, 0.3) is 16.8 Å². The average Bonchev–Trinajstić information content (AvgIpc) is 3.13. The molecule has 0 unspecified atom stereocenters. The number of carboxylic acid groups (broad SMARTS) is 1. The maximum Gasteiger partial charge on any atom is 0.335 e. The Balaban J connectivity index is 1.88. The van der Waals surface area contributed by atoms with Crippen molar-refractivity contribution in [3.63, 3.8) is 0 Å². The molecule has 0 saturated carbocycles. The number of anilines is 1. The van der Waals surface area contributed by atoms with Gasteiger partial charge in [-0.2, -0.15) is 0 Å². The minimum atomic E-state index is -1.03. The maximum atomic E-state index is 13.2. The van der Waals surface area contributed by atoms with Gasteiger partial charge >= 0.3 is 5.97 Å². The van der Waals surface area contributed by atoms with E-state index in [9.17, 15) is 14.7 Å². The van der Waals surface area contributed by atoms with Crippen LogP contribution in [0.5, 0.6) is 5.75 Å². The molecule has 0 atom stereocenters. The summed E-state index contributed by atoms with van der Waals surface area (Å²) in [5.41, 5.74) is 8.65. The fraction of sp³-hybridized carbons (Fsp3) is 0.0455. The summed E-state index contributed by atoms with van der Waals surface area (Å²) < 4.78 is 6.90. The number of aromatic carboxylic acids is 1. The second-order valence-electron chi connectivity index (χ2n) is 6.41. The number of imidazole rings is 1. The Kier molecular flexibility index (Phi) is 4.48. The van der Waals surface area contributed by atoms with Gasteiger partial charge in [0.1, 0.15) is 5.75 Å². The molecule has 0 amide bonds. The van der Waals surface area contributed by atoms with Crippen LogP contribution in [0.3, 0.4) is 0 Å². The van der Waals surface area contributed by atoms with Crippen LogP contribution in [0.4, 0.5) is 5.69 Å². The molecule has 0 fully saturated rings. The number of carbonyl (C=O) groups excluding carboxylic acids is 1. The Morgan fingerprint density at radius 3 is 2.62 bits per heavy atom. The van der Waals surface area contributed by atoms with Gasteiger partial charge in [-0.15, -0.1) is 0 Å². The zero-order chi connectivity index (χ0) is 20.5. The molecule has 0 saturated heterocycles. The molecule has 4 aromatic rings. The highest BCUT2D eigenvalue weighted by Gasteiger charge is 2.21. The van der Waals surface area contributed by atoms with Gasteiger partial charge < -0.3 is 15.6 Å². The van der Waals surface area contributed by atoms with Crippen molar-refractivity contribution in [2.75, 3.05) is 12.8 Å². The van der Waals surface area contributed by atoms with Crippen molar-refractivity contribution in [2.45, 2.75) is 0 Å². The van der Waals surface area contributed by atoms with E-state index in [-0.39, 0.29) is 17.2 Å². The Labute approximate surface area is 166 Å². The molecule has 7 heteroatoms. The lowest BCUT2D eigenvalue weighted by molar-refractivity contribution is 0.0696. The van der Waals surface area contributed by atoms with E-state index in [1.54, 1.807) is 47.0 Å². The standard InChI is InChI=1S/C22H17N3O4/c1-29-18-12-14(8-9-16(18)23)20(26)21-24-19(17-7-2-3-10-25(17)21)13-5-4-6-15(11-13)22(27)28/h2-12H,23H2,1H3,(H,27,28). The average molecular weight is 387 g/mol. The van der Waals surface area contributed by atoms with E-state index in [0.29, 0.717) is 33.8 Å². The van der Waals surface area contributed by atoms with Crippen LogP contribution in [0.2, 0.25) is 0 Å². The van der Waals surface area contributed by atoms with E-state index in [4.69, 9.17) is 10.5 Å². The number of benzene rings is 2. The number of hydrogen-bond donors (Lipinski definition) is 2. The van der Waals surface area contributed by atoms with Crippen LogP contribution >= 0.6 is 0 Å².